The zero-order valence-corrected chi connectivity index (χ0v) is 9.66. The summed E-state index contributed by atoms with van der Waals surface area (Å²) in [6.45, 7) is -0.262. The molecule has 0 unspecified atom stereocenters. The Bertz CT molecular complexity index is 362. The molecule has 1 aliphatic rings. The normalized spacial score (nSPS) is 16.0. The number of nitrogens with two attached hydrogens (primary N) is 1. The molecule has 0 atom stereocenters. The summed E-state index contributed by atoms with van der Waals surface area (Å²) in [5, 5.41) is 2.65. The van der Waals surface area contributed by atoms with Crippen LogP contribution in [-0.4, -0.2) is 37.7 Å². The predicted octanol–water partition coefficient (Wildman–Crippen LogP) is -1.53. The second-order valence-corrected chi connectivity index (χ2v) is 5.72. The Morgan fingerprint density at radius 2 is 2.07 bits per heavy atom. The van der Waals surface area contributed by atoms with Crippen LogP contribution in [0.3, 0.4) is 0 Å². The molecule has 0 aromatic carbocycles. The van der Waals surface area contributed by atoms with Gasteiger partial charge in [0.25, 0.3) is 0 Å². The van der Waals surface area contributed by atoms with Crippen molar-refractivity contribution in [2.24, 2.45) is 5.73 Å². The van der Waals surface area contributed by atoms with Crippen LogP contribution >= 0.6 is 12.2 Å². The number of sulfonamides is 1. The SMILES string of the molecule is NC(=S)CS(=O)(=O)NCC(=O)NC1CC1. The number of amides is 1. The number of hydrogen-bond acceptors (Lipinski definition) is 4. The minimum atomic E-state index is -3.57. The van der Waals surface area contributed by atoms with Gasteiger partial charge in [0.2, 0.25) is 15.9 Å². The van der Waals surface area contributed by atoms with E-state index in [0.717, 1.165) is 12.8 Å². The molecule has 1 fully saturated rings. The summed E-state index contributed by atoms with van der Waals surface area (Å²) in [6, 6.07) is 0.220. The van der Waals surface area contributed by atoms with Crippen LogP contribution in [0.1, 0.15) is 12.8 Å². The third-order valence-corrected chi connectivity index (χ3v) is 3.33. The van der Waals surface area contributed by atoms with Crippen molar-refractivity contribution in [3.8, 4) is 0 Å². The van der Waals surface area contributed by atoms with E-state index < -0.39 is 15.8 Å². The molecule has 15 heavy (non-hydrogen) atoms. The molecule has 4 N–H and O–H groups in total. The van der Waals surface area contributed by atoms with Crippen LogP contribution in [0.15, 0.2) is 0 Å². The molecule has 0 aromatic heterocycles. The Kier molecular flexibility index (Phi) is 4.00. The molecule has 0 aliphatic heterocycles. The van der Waals surface area contributed by atoms with Crippen LogP contribution in [0.2, 0.25) is 0 Å². The van der Waals surface area contributed by atoms with E-state index in [1.54, 1.807) is 0 Å². The van der Waals surface area contributed by atoms with Gasteiger partial charge < -0.3 is 11.1 Å². The fourth-order valence-corrected chi connectivity index (χ4v) is 2.21. The Labute approximate surface area is 93.6 Å². The maximum absolute atomic E-state index is 11.2. The van der Waals surface area contributed by atoms with Crippen LogP contribution in [-0.2, 0) is 14.8 Å². The highest BCUT2D eigenvalue weighted by Crippen LogP contribution is 2.18. The summed E-state index contributed by atoms with van der Waals surface area (Å²) in [5.41, 5.74) is 5.09. The molecule has 1 aliphatic carbocycles. The lowest BCUT2D eigenvalue weighted by Gasteiger charge is -2.05. The maximum Gasteiger partial charge on any atom is 0.235 e. The molecule has 86 valence electrons. The number of carbonyl (C=O) groups is 1. The quantitative estimate of drug-likeness (QED) is 0.497. The Morgan fingerprint density at radius 1 is 1.47 bits per heavy atom. The van der Waals surface area contributed by atoms with E-state index in [0.29, 0.717) is 0 Å². The average molecular weight is 251 g/mol. The topological polar surface area (TPSA) is 101 Å². The highest BCUT2D eigenvalue weighted by Gasteiger charge is 2.23. The van der Waals surface area contributed by atoms with Crippen molar-refractivity contribution in [1.82, 2.24) is 10.0 Å². The molecule has 0 bridgehead atoms. The first-order chi connectivity index (χ1) is 6.89. The van der Waals surface area contributed by atoms with Crippen molar-refractivity contribution < 1.29 is 13.2 Å². The van der Waals surface area contributed by atoms with E-state index in [-0.39, 0.29) is 23.5 Å². The molecule has 0 heterocycles. The summed E-state index contributed by atoms with van der Waals surface area (Å²) in [5.74, 6) is -0.761. The molecule has 0 aromatic rings. The molecular formula is C7H13N3O3S2. The van der Waals surface area contributed by atoms with Gasteiger partial charge in [0.15, 0.2) is 0 Å². The number of thiocarbonyl (C=S) groups is 1. The van der Waals surface area contributed by atoms with Crippen molar-refractivity contribution in [1.29, 1.82) is 0 Å². The largest absolute Gasteiger partial charge is 0.392 e. The zero-order chi connectivity index (χ0) is 11.5. The molecule has 0 radical (unpaired) electrons. The van der Waals surface area contributed by atoms with Gasteiger partial charge >= 0.3 is 0 Å². The van der Waals surface area contributed by atoms with Crippen LogP contribution < -0.4 is 15.8 Å². The van der Waals surface area contributed by atoms with Gasteiger partial charge in [-0.3, -0.25) is 4.79 Å². The van der Waals surface area contributed by atoms with Crippen molar-refractivity contribution in [2.45, 2.75) is 18.9 Å². The molecule has 1 rings (SSSR count). The van der Waals surface area contributed by atoms with Gasteiger partial charge in [-0.15, -0.1) is 0 Å². The van der Waals surface area contributed by atoms with Gasteiger partial charge in [-0.05, 0) is 12.8 Å². The standard InChI is InChI=1S/C7H13N3O3S2/c8-6(14)4-15(12,13)9-3-7(11)10-5-1-2-5/h5,9H,1-4H2,(H2,8,14)(H,10,11). The van der Waals surface area contributed by atoms with Gasteiger partial charge in [0.1, 0.15) is 5.75 Å². The molecule has 1 saturated carbocycles. The summed E-state index contributed by atoms with van der Waals surface area (Å²) in [6.07, 6.45) is 1.93. The molecule has 6 nitrogen and oxygen atoms in total. The first-order valence-electron chi connectivity index (χ1n) is 4.44. The van der Waals surface area contributed by atoms with Crippen molar-refractivity contribution in [2.75, 3.05) is 12.3 Å². The number of carbonyl (C=O) groups excluding carboxylic acids is 1. The molecule has 1 amide bonds. The fourth-order valence-electron chi connectivity index (χ4n) is 0.920. The van der Waals surface area contributed by atoms with Crippen LogP contribution in [0.4, 0.5) is 0 Å². The lowest BCUT2D eigenvalue weighted by atomic mass is 10.5. The van der Waals surface area contributed by atoms with E-state index >= 15 is 0 Å². The van der Waals surface area contributed by atoms with E-state index in [9.17, 15) is 13.2 Å². The molecular weight excluding hydrogens is 238 g/mol. The van der Waals surface area contributed by atoms with Gasteiger partial charge in [0, 0.05) is 6.04 Å². The van der Waals surface area contributed by atoms with Gasteiger partial charge in [-0.25, -0.2) is 13.1 Å². The Hall–Kier alpha value is -0.730. The van der Waals surface area contributed by atoms with Crippen LogP contribution in [0, 0.1) is 0 Å². The second kappa shape index (κ2) is 4.86. The monoisotopic (exact) mass is 251 g/mol. The summed E-state index contributed by atoms with van der Waals surface area (Å²) in [7, 11) is -3.57. The lowest BCUT2D eigenvalue weighted by molar-refractivity contribution is -0.120. The lowest BCUT2D eigenvalue weighted by Crippen LogP contribution is -2.40. The third kappa shape index (κ3) is 5.65. The van der Waals surface area contributed by atoms with E-state index in [4.69, 9.17) is 5.73 Å². The third-order valence-electron chi connectivity index (χ3n) is 1.73. The average Bonchev–Trinajstić information content (AvgIpc) is 2.82. The Morgan fingerprint density at radius 3 is 2.53 bits per heavy atom. The van der Waals surface area contributed by atoms with E-state index in [1.165, 1.54) is 0 Å². The maximum atomic E-state index is 11.2. The molecule has 0 spiro atoms. The number of nitrogens with one attached hydrogen (secondary N) is 2. The van der Waals surface area contributed by atoms with Crippen molar-refractivity contribution in [3.05, 3.63) is 0 Å². The van der Waals surface area contributed by atoms with Crippen molar-refractivity contribution >= 4 is 33.1 Å². The summed E-state index contributed by atoms with van der Waals surface area (Å²) >= 11 is 4.46. The van der Waals surface area contributed by atoms with E-state index in [1.807, 2.05) is 0 Å². The smallest absolute Gasteiger partial charge is 0.235 e. The summed E-state index contributed by atoms with van der Waals surface area (Å²) < 4.78 is 24.5. The minimum Gasteiger partial charge on any atom is -0.392 e. The second-order valence-electron chi connectivity index (χ2n) is 3.39. The highest BCUT2D eigenvalue weighted by atomic mass is 32.2. The highest BCUT2D eigenvalue weighted by molar-refractivity contribution is 7.92. The van der Waals surface area contributed by atoms with Gasteiger partial charge in [-0.2, -0.15) is 0 Å². The summed E-state index contributed by atoms with van der Waals surface area (Å²) in [4.78, 5) is 11.0. The molecule has 0 saturated heterocycles. The number of hydrogen-bond donors (Lipinski definition) is 3. The fraction of sp³-hybridized carbons (Fsp3) is 0.714. The molecule has 8 heteroatoms. The predicted molar refractivity (Wildman–Crippen MR) is 59.7 cm³/mol. The van der Waals surface area contributed by atoms with Gasteiger partial charge in [0.05, 0.1) is 11.5 Å². The van der Waals surface area contributed by atoms with Crippen LogP contribution in [0.5, 0.6) is 0 Å². The van der Waals surface area contributed by atoms with Crippen molar-refractivity contribution in [3.63, 3.8) is 0 Å². The Balaban J connectivity index is 2.27. The van der Waals surface area contributed by atoms with E-state index in [2.05, 4.69) is 22.3 Å². The van der Waals surface area contributed by atoms with Gasteiger partial charge in [-0.1, -0.05) is 12.2 Å². The first-order valence-corrected chi connectivity index (χ1v) is 6.50. The first kappa shape index (κ1) is 12.3. The minimum absolute atomic E-state index is 0.120. The zero-order valence-electron chi connectivity index (χ0n) is 8.02. The number of rotatable bonds is 6. The van der Waals surface area contributed by atoms with Crippen LogP contribution in [0.25, 0.3) is 0 Å².